The van der Waals surface area contributed by atoms with E-state index in [1.165, 1.54) is 0 Å². The number of amides is 1. The van der Waals surface area contributed by atoms with Crippen LogP contribution in [0.5, 0.6) is 0 Å². The second kappa shape index (κ2) is 6.24. The third kappa shape index (κ3) is 2.90. The van der Waals surface area contributed by atoms with Crippen molar-refractivity contribution < 1.29 is 14.3 Å². The van der Waals surface area contributed by atoms with E-state index in [9.17, 15) is 4.79 Å². The highest BCUT2D eigenvalue weighted by Crippen LogP contribution is 2.26. The average Bonchev–Trinajstić information content (AvgIpc) is 3.01. The highest BCUT2D eigenvalue weighted by atomic mass is 79.9. The van der Waals surface area contributed by atoms with E-state index in [1.54, 1.807) is 0 Å². The summed E-state index contributed by atoms with van der Waals surface area (Å²) in [5.41, 5.74) is 0.720. The van der Waals surface area contributed by atoms with E-state index in [-0.39, 0.29) is 18.2 Å². The topological polar surface area (TPSA) is 38.8 Å². The van der Waals surface area contributed by atoms with Crippen LogP contribution in [0.4, 0.5) is 0 Å². The van der Waals surface area contributed by atoms with E-state index in [2.05, 4.69) is 15.9 Å². The zero-order chi connectivity index (χ0) is 13.9. The van der Waals surface area contributed by atoms with Gasteiger partial charge in [-0.1, -0.05) is 15.9 Å². The van der Waals surface area contributed by atoms with Gasteiger partial charge in [0, 0.05) is 16.6 Å². The average molecular weight is 340 g/mol. The molecule has 3 rings (SSSR count). The number of hydrogen-bond donors (Lipinski definition) is 0. The van der Waals surface area contributed by atoms with Crippen molar-refractivity contribution in [1.82, 2.24) is 4.90 Å². The van der Waals surface area contributed by atoms with Gasteiger partial charge in [-0.15, -0.1) is 0 Å². The van der Waals surface area contributed by atoms with Crippen LogP contribution in [-0.2, 0) is 9.47 Å². The molecule has 0 radical (unpaired) electrons. The first-order valence-electron chi connectivity index (χ1n) is 7.05. The summed E-state index contributed by atoms with van der Waals surface area (Å²) in [5.74, 6) is 0.0706. The number of carbonyl (C=O) groups excluding carboxylic acids is 1. The summed E-state index contributed by atoms with van der Waals surface area (Å²) >= 11 is 3.39. The third-order valence-electron chi connectivity index (χ3n) is 3.86. The van der Waals surface area contributed by atoms with Gasteiger partial charge in [-0.25, -0.2) is 0 Å². The molecule has 0 spiro atoms. The number of halogens is 1. The molecule has 2 aliphatic heterocycles. The van der Waals surface area contributed by atoms with E-state index in [1.807, 2.05) is 29.2 Å². The van der Waals surface area contributed by atoms with Gasteiger partial charge in [0.1, 0.15) is 0 Å². The molecule has 2 fully saturated rings. The van der Waals surface area contributed by atoms with Gasteiger partial charge < -0.3 is 14.4 Å². The Morgan fingerprint density at radius 3 is 2.55 bits per heavy atom. The SMILES string of the molecule is O=C(c1ccc(Br)cc1)N1CCCCC1C1OCCO1. The third-order valence-corrected chi connectivity index (χ3v) is 4.39. The molecule has 1 amide bonds. The zero-order valence-electron chi connectivity index (χ0n) is 11.3. The fourth-order valence-corrected chi connectivity index (χ4v) is 3.11. The molecule has 2 saturated heterocycles. The molecule has 1 atom stereocenters. The van der Waals surface area contributed by atoms with Crippen molar-refractivity contribution in [2.45, 2.75) is 31.6 Å². The van der Waals surface area contributed by atoms with Gasteiger partial charge in [0.05, 0.1) is 19.3 Å². The van der Waals surface area contributed by atoms with Crippen LogP contribution in [0.3, 0.4) is 0 Å². The van der Waals surface area contributed by atoms with Crippen molar-refractivity contribution >= 4 is 21.8 Å². The summed E-state index contributed by atoms with van der Waals surface area (Å²) < 4.78 is 12.2. The van der Waals surface area contributed by atoms with Crippen LogP contribution in [0.1, 0.15) is 29.6 Å². The molecule has 5 heteroatoms. The van der Waals surface area contributed by atoms with Crippen LogP contribution in [0.2, 0.25) is 0 Å². The molecular weight excluding hydrogens is 322 g/mol. The molecule has 4 nitrogen and oxygen atoms in total. The van der Waals surface area contributed by atoms with Crippen molar-refractivity contribution in [1.29, 1.82) is 0 Å². The summed E-state index contributed by atoms with van der Waals surface area (Å²) in [6, 6.07) is 7.55. The van der Waals surface area contributed by atoms with E-state index in [0.717, 1.165) is 35.8 Å². The fourth-order valence-electron chi connectivity index (χ4n) is 2.85. The van der Waals surface area contributed by atoms with Crippen LogP contribution in [0.25, 0.3) is 0 Å². The molecule has 108 valence electrons. The molecular formula is C15H18BrNO3. The second-order valence-corrected chi connectivity index (χ2v) is 6.09. The van der Waals surface area contributed by atoms with Crippen molar-refractivity contribution in [3.8, 4) is 0 Å². The normalized spacial score (nSPS) is 24.1. The van der Waals surface area contributed by atoms with Gasteiger partial charge in [-0.3, -0.25) is 4.79 Å². The van der Waals surface area contributed by atoms with Crippen LogP contribution in [-0.4, -0.2) is 42.9 Å². The van der Waals surface area contributed by atoms with Gasteiger partial charge >= 0.3 is 0 Å². The Morgan fingerprint density at radius 1 is 1.15 bits per heavy atom. The Hall–Kier alpha value is -0.910. The molecule has 20 heavy (non-hydrogen) atoms. The minimum atomic E-state index is -0.255. The zero-order valence-corrected chi connectivity index (χ0v) is 12.8. The van der Waals surface area contributed by atoms with Crippen LogP contribution < -0.4 is 0 Å². The molecule has 1 aromatic rings. The van der Waals surface area contributed by atoms with Gasteiger partial charge in [0.2, 0.25) is 0 Å². The number of hydrogen-bond acceptors (Lipinski definition) is 3. The molecule has 0 N–H and O–H groups in total. The molecule has 0 aromatic heterocycles. The van der Waals surface area contributed by atoms with Crippen molar-refractivity contribution in [3.05, 3.63) is 34.3 Å². The van der Waals surface area contributed by atoms with E-state index < -0.39 is 0 Å². The lowest BCUT2D eigenvalue weighted by molar-refractivity contribution is -0.100. The smallest absolute Gasteiger partial charge is 0.254 e. The summed E-state index contributed by atoms with van der Waals surface area (Å²) in [6.45, 7) is 2.03. The summed E-state index contributed by atoms with van der Waals surface area (Å²) in [4.78, 5) is 14.6. The van der Waals surface area contributed by atoms with Crippen molar-refractivity contribution in [2.75, 3.05) is 19.8 Å². The minimum Gasteiger partial charge on any atom is -0.348 e. The Kier molecular flexibility index (Phi) is 4.38. The van der Waals surface area contributed by atoms with Gasteiger partial charge in [-0.05, 0) is 43.5 Å². The molecule has 0 bridgehead atoms. The lowest BCUT2D eigenvalue weighted by atomic mass is 10.00. The largest absolute Gasteiger partial charge is 0.348 e. The highest BCUT2D eigenvalue weighted by molar-refractivity contribution is 9.10. The standard InChI is InChI=1S/C15H18BrNO3/c16-12-6-4-11(5-7-12)14(18)17-8-2-1-3-13(17)15-19-9-10-20-15/h4-7,13,15H,1-3,8-10H2. The predicted molar refractivity (Wildman–Crippen MR) is 78.5 cm³/mol. The number of likely N-dealkylation sites (tertiary alicyclic amines) is 1. The van der Waals surface area contributed by atoms with E-state index >= 15 is 0 Å². The van der Waals surface area contributed by atoms with Crippen LogP contribution in [0, 0.1) is 0 Å². The molecule has 2 aliphatic rings. The Balaban J connectivity index is 1.78. The number of ether oxygens (including phenoxy) is 2. The summed E-state index contributed by atoms with van der Waals surface area (Å²) in [6.07, 6.45) is 2.87. The van der Waals surface area contributed by atoms with Crippen molar-refractivity contribution in [3.63, 3.8) is 0 Å². The summed E-state index contributed by atoms with van der Waals surface area (Å²) in [5, 5.41) is 0. The fraction of sp³-hybridized carbons (Fsp3) is 0.533. The lowest BCUT2D eigenvalue weighted by Crippen LogP contribution is -2.50. The van der Waals surface area contributed by atoms with Crippen molar-refractivity contribution in [2.24, 2.45) is 0 Å². The minimum absolute atomic E-state index is 0.0439. The second-order valence-electron chi connectivity index (χ2n) is 5.18. The highest BCUT2D eigenvalue weighted by Gasteiger charge is 2.36. The van der Waals surface area contributed by atoms with Crippen LogP contribution >= 0.6 is 15.9 Å². The first-order chi connectivity index (χ1) is 9.75. The number of nitrogens with zero attached hydrogens (tertiary/aromatic N) is 1. The first-order valence-corrected chi connectivity index (χ1v) is 7.85. The lowest BCUT2D eigenvalue weighted by Gasteiger charge is -2.38. The summed E-state index contributed by atoms with van der Waals surface area (Å²) in [7, 11) is 0. The number of benzene rings is 1. The number of carbonyl (C=O) groups is 1. The van der Waals surface area contributed by atoms with Gasteiger partial charge in [-0.2, -0.15) is 0 Å². The molecule has 1 aromatic carbocycles. The first kappa shape index (κ1) is 14.0. The molecule has 2 heterocycles. The maximum absolute atomic E-state index is 12.7. The van der Waals surface area contributed by atoms with Gasteiger partial charge in [0.25, 0.3) is 5.91 Å². The quantitative estimate of drug-likeness (QED) is 0.831. The number of rotatable bonds is 2. The van der Waals surface area contributed by atoms with E-state index in [0.29, 0.717) is 13.2 Å². The number of piperidine rings is 1. The van der Waals surface area contributed by atoms with Gasteiger partial charge in [0.15, 0.2) is 6.29 Å². The Labute approximate surface area is 127 Å². The molecule has 0 aliphatic carbocycles. The molecule has 0 saturated carbocycles. The maximum Gasteiger partial charge on any atom is 0.254 e. The predicted octanol–water partition coefficient (Wildman–Crippen LogP) is 2.82. The monoisotopic (exact) mass is 339 g/mol. The Morgan fingerprint density at radius 2 is 1.85 bits per heavy atom. The molecule has 1 unspecified atom stereocenters. The van der Waals surface area contributed by atoms with E-state index in [4.69, 9.17) is 9.47 Å². The Bertz CT molecular complexity index is 471. The maximum atomic E-state index is 12.7. The van der Waals surface area contributed by atoms with Crippen LogP contribution in [0.15, 0.2) is 28.7 Å².